The zero-order valence-corrected chi connectivity index (χ0v) is 27.6. The number of hydrogen-bond acceptors (Lipinski definition) is 5. The summed E-state index contributed by atoms with van der Waals surface area (Å²) in [6, 6.07) is 54.7. The van der Waals surface area contributed by atoms with Crippen LogP contribution in [0.4, 0.5) is 0 Å². The third-order valence-corrected chi connectivity index (χ3v) is 10.5. The predicted molar refractivity (Wildman–Crippen MR) is 207 cm³/mol. The summed E-state index contributed by atoms with van der Waals surface area (Å²) in [7, 11) is 0. The maximum absolute atomic E-state index is 6.73. The number of nitrogens with zero attached hydrogens (tertiary/aromatic N) is 3. The predicted octanol–water partition coefficient (Wildman–Crippen LogP) is 12.5. The van der Waals surface area contributed by atoms with Crippen LogP contribution in [0, 0.1) is 0 Å². The Morgan fingerprint density at radius 1 is 0.440 bits per heavy atom. The Balaban J connectivity index is 1.17. The summed E-state index contributed by atoms with van der Waals surface area (Å²) in [5, 5.41) is 4.75. The van der Waals surface area contributed by atoms with E-state index in [4.69, 9.17) is 14.4 Å². The first-order valence-corrected chi connectivity index (χ1v) is 17.4. The molecule has 0 radical (unpaired) electrons. The largest absolute Gasteiger partial charge is 0.455 e. The molecule has 0 fully saturated rings. The van der Waals surface area contributed by atoms with Crippen LogP contribution in [0.5, 0.6) is 0 Å². The van der Waals surface area contributed by atoms with Crippen molar-refractivity contribution in [1.29, 1.82) is 0 Å². The first kappa shape index (κ1) is 28.6. The minimum absolute atomic E-state index is 0.650. The number of para-hydroxylation sites is 1. The number of hydrogen-bond donors (Lipinski definition) is 0. The monoisotopic (exact) mass is 657 g/mol. The SMILES string of the molecule is c1ccc(-c2cc(-c3ccc(-c4ccc5c(c4)sc4ccccc45)c4c3oc3ccccc34)nc(-c3ccc(-c4ccccn4)cc3)n2)cc1. The fourth-order valence-electron chi connectivity index (χ4n) is 6.96. The van der Waals surface area contributed by atoms with Crippen molar-refractivity contribution in [2.45, 2.75) is 0 Å². The summed E-state index contributed by atoms with van der Waals surface area (Å²) >= 11 is 1.84. The van der Waals surface area contributed by atoms with Gasteiger partial charge in [-0.25, -0.2) is 9.97 Å². The van der Waals surface area contributed by atoms with Crippen molar-refractivity contribution in [3.05, 3.63) is 164 Å². The van der Waals surface area contributed by atoms with Gasteiger partial charge in [0, 0.05) is 59.4 Å². The lowest BCUT2D eigenvalue weighted by Gasteiger charge is -2.12. The Labute approximate surface area is 292 Å². The van der Waals surface area contributed by atoms with E-state index in [0.29, 0.717) is 5.82 Å². The second-order valence-corrected chi connectivity index (χ2v) is 13.5. The van der Waals surface area contributed by atoms with E-state index in [0.717, 1.165) is 72.4 Å². The normalized spacial score (nSPS) is 11.6. The summed E-state index contributed by atoms with van der Waals surface area (Å²) in [4.78, 5) is 14.8. The van der Waals surface area contributed by atoms with E-state index >= 15 is 0 Å². The van der Waals surface area contributed by atoms with Gasteiger partial charge in [0.25, 0.3) is 0 Å². The van der Waals surface area contributed by atoms with Crippen molar-refractivity contribution < 1.29 is 4.42 Å². The summed E-state index contributed by atoms with van der Waals surface area (Å²) in [5.74, 6) is 0.650. The molecule has 4 nitrogen and oxygen atoms in total. The fourth-order valence-corrected chi connectivity index (χ4v) is 8.10. The fraction of sp³-hybridized carbons (Fsp3) is 0. The van der Waals surface area contributed by atoms with Crippen LogP contribution >= 0.6 is 11.3 Å². The van der Waals surface area contributed by atoms with Crippen molar-refractivity contribution in [2.75, 3.05) is 0 Å². The second-order valence-electron chi connectivity index (χ2n) is 12.4. The molecule has 6 aromatic carbocycles. The van der Waals surface area contributed by atoms with Crippen molar-refractivity contribution in [1.82, 2.24) is 15.0 Å². The smallest absolute Gasteiger partial charge is 0.160 e. The first-order chi connectivity index (χ1) is 24.8. The van der Waals surface area contributed by atoms with Crippen LogP contribution in [0.1, 0.15) is 0 Å². The van der Waals surface area contributed by atoms with Crippen molar-refractivity contribution in [3.63, 3.8) is 0 Å². The molecule has 10 aromatic rings. The van der Waals surface area contributed by atoms with E-state index in [1.165, 1.54) is 20.2 Å². The highest BCUT2D eigenvalue weighted by Crippen LogP contribution is 2.44. The minimum Gasteiger partial charge on any atom is -0.455 e. The number of pyridine rings is 1. The van der Waals surface area contributed by atoms with E-state index in [2.05, 4.69) is 114 Å². The Morgan fingerprint density at radius 3 is 1.98 bits per heavy atom. The Kier molecular flexibility index (Phi) is 6.64. The van der Waals surface area contributed by atoms with Crippen LogP contribution in [0.25, 0.3) is 98.4 Å². The Bertz CT molecular complexity index is 2860. The van der Waals surface area contributed by atoms with Gasteiger partial charge in [-0.1, -0.05) is 115 Å². The average Bonchev–Trinajstić information content (AvgIpc) is 3.77. The zero-order valence-electron chi connectivity index (χ0n) is 26.7. The van der Waals surface area contributed by atoms with Gasteiger partial charge in [0.1, 0.15) is 11.2 Å². The molecule has 5 heteroatoms. The molecule has 50 heavy (non-hydrogen) atoms. The molecule has 234 valence electrons. The summed E-state index contributed by atoms with van der Waals surface area (Å²) in [6.45, 7) is 0. The van der Waals surface area contributed by atoms with Gasteiger partial charge in [0.2, 0.25) is 0 Å². The van der Waals surface area contributed by atoms with Crippen molar-refractivity contribution in [3.8, 4) is 56.3 Å². The second kappa shape index (κ2) is 11.6. The molecule has 0 aliphatic heterocycles. The van der Waals surface area contributed by atoms with Gasteiger partial charge in [-0.15, -0.1) is 11.3 Å². The van der Waals surface area contributed by atoms with E-state index in [1.807, 2.05) is 66.1 Å². The standard InChI is InChI=1S/C45H27N3OS/c1-2-10-28(11-3-1)38-27-39(48-45(47-38)30-19-17-29(18-20-30)37-14-8-9-25-46-37)35-24-23-32(43-36-13-4-6-15-40(36)49-44(35)43)31-21-22-34-33-12-5-7-16-41(33)50-42(34)26-31/h1-27H. The van der Waals surface area contributed by atoms with Crippen LogP contribution < -0.4 is 0 Å². The molecule has 0 bridgehead atoms. The van der Waals surface area contributed by atoms with Crippen LogP contribution in [0.15, 0.2) is 168 Å². The maximum Gasteiger partial charge on any atom is 0.160 e. The molecule has 4 heterocycles. The van der Waals surface area contributed by atoms with Gasteiger partial charge < -0.3 is 4.42 Å². The molecule has 0 atom stereocenters. The van der Waals surface area contributed by atoms with Crippen molar-refractivity contribution >= 4 is 53.4 Å². The third-order valence-electron chi connectivity index (χ3n) is 9.39. The Hall–Kier alpha value is -6.43. The lowest BCUT2D eigenvalue weighted by atomic mass is 9.95. The number of fused-ring (bicyclic) bond motifs is 6. The molecule has 0 aliphatic rings. The van der Waals surface area contributed by atoms with Gasteiger partial charge in [0.05, 0.1) is 17.1 Å². The maximum atomic E-state index is 6.73. The van der Waals surface area contributed by atoms with Gasteiger partial charge in [-0.2, -0.15) is 0 Å². The molecular formula is C45H27N3OS. The summed E-state index contributed by atoms with van der Waals surface area (Å²) < 4.78 is 9.30. The molecule has 0 aliphatic carbocycles. The van der Waals surface area contributed by atoms with Crippen LogP contribution in [0.3, 0.4) is 0 Å². The third kappa shape index (κ3) is 4.79. The zero-order chi connectivity index (χ0) is 33.0. The molecule has 0 spiro atoms. The minimum atomic E-state index is 0.650. The van der Waals surface area contributed by atoms with E-state index in [1.54, 1.807) is 0 Å². The highest BCUT2D eigenvalue weighted by Gasteiger charge is 2.20. The van der Waals surface area contributed by atoms with E-state index in [9.17, 15) is 0 Å². The van der Waals surface area contributed by atoms with Crippen molar-refractivity contribution in [2.24, 2.45) is 0 Å². The molecule has 4 aromatic heterocycles. The molecule has 0 N–H and O–H groups in total. The quantitative estimate of drug-likeness (QED) is 0.185. The number of rotatable bonds is 5. The lowest BCUT2D eigenvalue weighted by Crippen LogP contribution is -1.96. The highest BCUT2D eigenvalue weighted by molar-refractivity contribution is 7.25. The first-order valence-electron chi connectivity index (χ1n) is 16.6. The number of aromatic nitrogens is 3. The molecule has 0 saturated heterocycles. The number of thiophene rings is 1. The summed E-state index contributed by atoms with van der Waals surface area (Å²) in [6.07, 6.45) is 1.81. The number of benzene rings is 6. The topological polar surface area (TPSA) is 51.8 Å². The molecule has 0 amide bonds. The summed E-state index contributed by atoms with van der Waals surface area (Å²) in [5.41, 5.74) is 10.5. The molecule has 0 unspecified atom stereocenters. The van der Waals surface area contributed by atoms with Crippen LogP contribution in [0.2, 0.25) is 0 Å². The Morgan fingerprint density at radius 2 is 1.12 bits per heavy atom. The van der Waals surface area contributed by atoms with Gasteiger partial charge in [0.15, 0.2) is 5.82 Å². The van der Waals surface area contributed by atoms with Crippen LogP contribution in [-0.2, 0) is 0 Å². The molecular weight excluding hydrogens is 631 g/mol. The number of furan rings is 1. The van der Waals surface area contributed by atoms with E-state index in [-0.39, 0.29) is 0 Å². The van der Waals surface area contributed by atoms with Gasteiger partial charge in [-0.05, 0) is 53.6 Å². The lowest BCUT2D eigenvalue weighted by molar-refractivity contribution is 0.670. The molecule has 0 saturated carbocycles. The molecule has 10 rings (SSSR count). The highest BCUT2D eigenvalue weighted by atomic mass is 32.1. The van der Waals surface area contributed by atoms with E-state index < -0.39 is 0 Å². The van der Waals surface area contributed by atoms with Gasteiger partial charge >= 0.3 is 0 Å². The van der Waals surface area contributed by atoms with Gasteiger partial charge in [-0.3, -0.25) is 4.98 Å². The average molecular weight is 658 g/mol. The van der Waals surface area contributed by atoms with Crippen LogP contribution in [-0.4, -0.2) is 15.0 Å².